The van der Waals surface area contributed by atoms with Crippen molar-refractivity contribution in [2.45, 2.75) is 0 Å². The molecule has 0 unspecified atom stereocenters. The molecule has 0 saturated carbocycles. The molecule has 624 valence electrons. The molecule has 0 N–H and O–H groups in total. The van der Waals surface area contributed by atoms with Gasteiger partial charge in [0.15, 0.2) is 0 Å². The van der Waals surface area contributed by atoms with E-state index in [9.17, 15) is 45.2 Å². The molecule has 26 aromatic carbocycles. The van der Waals surface area contributed by atoms with Crippen molar-refractivity contribution >= 4 is 118 Å². The number of rotatable bonds is 12. The first-order valence-electron chi connectivity index (χ1n) is 83.2. The van der Waals surface area contributed by atoms with Gasteiger partial charge in [0.25, 0.3) is 0 Å². The van der Waals surface area contributed by atoms with Crippen molar-refractivity contribution in [3.05, 3.63) is 532 Å². The molecule has 0 bridgehead atoms. The Labute approximate surface area is 903 Å². The lowest BCUT2D eigenvalue weighted by Gasteiger charge is -2.20. The molecule has 0 heteroatoms. The number of fused-ring (bicyclic) bond motifs is 11. The number of benzene rings is 26. The van der Waals surface area contributed by atoms with Crippen LogP contribution in [0.4, 0.5) is 0 Å². The molecule has 0 nitrogen and oxygen atoms in total. The first kappa shape index (κ1) is 30.1. The zero-order valence-electron chi connectivity index (χ0n) is 155. The second-order valence-corrected chi connectivity index (χ2v) is 28.2. The van der Waals surface area contributed by atoms with Crippen LogP contribution in [0.1, 0.15) is 121 Å². The highest BCUT2D eigenvalue weighted by molar-refractivity contribution is 6.28. The fourth-order valence-electron chi connectivity index (χ4n) is 15.5. The quantitative estimate of drug-likeness (QED) is 0.107. The Morgan fingerprint density at radius 3 is 0.485 bits per heavy atom. The van der Waals surface area contributed by atoms with Gasteiger partial charge in [-0.2, -0.15) is 0 Å². The molecule has 0 radical (unpaired) electrons. The Morgan fingerprint density at radius 2 is 0.231 bits per heavy atom. The van der Waals surface area contributed by atoms with Crippen LogP contribution >= 0.6 is 0 Å². The predicted octanol–water partition coefficient (Wildman–Crippen LogP) is 37.7. The van der Waals surface area contributed by atoms with Crippen molar-refractivity contribution in [2.75, 3.05) is 0 Å². The van der Waals surface area contributed by atoms with Crippen molar-refractivity contribution in [3.8, 4) is 134 Å². The molecule has 0 aliphatic rings. The van der Waals surface area contributed by atoms with Gasteiger partial charge < -0.3 is 0 Å². The summed E-state index contributed by atoms with van der Waals surface area (Å²) in [5.41, 5.74) is -19.4. The van der Waals surface area contributed by atoms with Crippen LogP contribution < -0.4 is 0 Å². The highest BCUT2D eigenvalue weighted by Gasteiger charge is 2.25. The minimum atomic E-state index is -1.14. The lowest BCUT2D eigenvalue weighted by molar-refractivity contribution is 1.61. The summed E-state index contributed by atoms with van der Waals surface area (Å²) in [5, 5.41) is -16.8. The monoisotopic (exact) mass is 1790 g/mol. The topological polar surface area (TPSA) is 0 Å². The Hall–Kier alpha value is -17.4. The van der Waals surface area contributed by atoms with Crippen molar-refractivity contribution in [1.82, 2.24) is 0 Å². The zero-order valence-corrected chi connectivity index (χ0v) is 67.0. The molecule has 0 atom stereocenters. The lowest BCUT2D eigenvalue weighted by Crippen LogP contribution is -1.92. The van der Waals surface area contributed by atoms with Gasteiger partial charge in [-0.15, -0.1) is 0 Å². The molecule has 26 rings (SSSR count). The Balaban J connectivity index is 0.000000162. The van der Waals surface area contributed by atoms with Crippen LogP contribution in [0.25, 0.3) is 252 Å². The molecular formula is C134H88. The van der Waals surface area contributed by atoms with E-state index < -0.39 is 784 Å². The first-order valence-corrected chi connectivity index (χ1v) is 39.2. The van der Waals surface area contributed by atoms with Gasteiger partial charge in [-0.05, 0) is 252 Å². The molecule has 0 fully saturated rings. The van der Waals surface area contributed by atoms with Crippen LogP contribution in [0.5, 0.6) is 0 Å². The molecule has 134 heavy (non-hydrogen) atoms. The zero-order chi connectivity index (χ0) is 165. The second kappa shape index (κ2) is 34.9. The van der Waals surface area contributed by atoms with E-state index in [4.69, 9.17) is 75.4 Å². The second-order valence-electron chi connectivity index (χ2n) is 28.2. The fraction of sp³-hybridized carbons (Fsp3) is 0. The maximum atomic E-state index is 9.71. The molecule has 26 aromatic rings. The lowest BCUT2D eigenvalue weighted by atomic mass is 9.83. The highest BCUT2D eigenvalue weighted by Crippen LogP contribution is 2.52. The van der Waals surface area contributed by atoms with Crippen LogP contribution in [0.15, 0.2) is 532 Å². The molecule has 0 spiro atoms. The van der Waals surface area contributed by atoms with Crippen molar-refractivity contribution in [3.63, 3.8) is 0 Å². The first-order chi connectivity index (χ1) is 103. The van der Waals surface area contributed by atoms with Gasteiger partial charge in [-0.3, -0.25) is 0 Å². The number of hydrogen-bond donors (Lipinski definition) is 0. The van der Waals surface area contributed by atoms with E-state index in [0.29, 0.717) is 0 Å². The normalized spacial score (nSPS) is 20.6. The summed E-state index contributed by atoms with van der Waals surface area (Å²) in [7, 11) is 0. The van der Waals surface area contributed by atoms with Crippen LogP contribution in [-0.4, -0.2) is 0 Å². The molecule has 0 aromatic heterocycles. The third-order valence-electron chi connectivity index (χ3n) is 21.1. The third-order valence-corrected chi connectivity index (χ3v) is 21.1. The number of hydrogen-bond acceptors (Lipinski definition) is 0. The van der Waals surface area contributed by atoms with Crippen LogP contribution in [0, 0.1) is 0 Å². The van der Waals surface area contributed by atoms with Crippen LogP contribution in [0.2, 0.25) is 0 Å². The summed E-state index contributed by atoms with van der Waals surface area (Å²) >= 11 is 0. The van der Waals surface area contributed by atoms with Gasteiger partial charge in [0.1, 0.15) is 0 Å². The van der Waals surface area contributed by atoms with Crippen molar-refractivity contribution < 1.29 is 121 Å². The average molecular weight is 1790 g/mol. The standard InChI is InChI=1S/2C46H30.C42H28/c2*1-2-13-31(14-3-1)37-29-30-44(39-19-7-6-18-38(37)39)46-42-22-10-8-20-40(42)45(41-21-9-11-23-43(41)46)34-27-25-33(26-28-34)36-24-12-16-32-15-4-5-17-35(32)36;1-3-13-29(14-4-1)30-23-25-32(26-24-30)41-36-19-9-11-21-38(36)42(39-22-12-10-20-37(39)41)40-28-27-33(31-15-5-2-6-16-31)34-17-7-8-18-35(34)40/h2*1-30H;1-28H/i2*1D,2D,3D,4D,5D,6D,7D,8D,9D,10D,11D,12D,13D,14D,15D,16D,17D,18D,19D,20D,21D,22D,23D,24D,25D,26D,27D,28D,29D,30D;1D,2D,3D,4D,5D,6D,7D,8D,9D,10D,11D,12D,13D,14D,15D,16D,17D,18D,19D,20D,21D,22D,23D,24D,25D,26D,27D,28D. The van der Waals surface area contributed by atoms with Gasteiger partial charge in [0, 0.05) is 0 Å². The molecule has 0 aliphatic heterocycles. The molecule has 0 heterocycles. The van der Waals surface area contributed by atoms with E-state index >= 15 is 0 Å². The molecular weight excluding hydrogens is 1610 g/mol. The third kappa shape index (κ3) is 14.4. The summed E-state index contributed by atoms with van der Waals surface area (Å²) in [6.07, 6.45) is 0. The van der Waals surface area contributed by atoms with Crippen molar-refractivity contribution in [2.24, 2.45) is 0 Å². The highest BCUT2D eigenvalue weighted by atomic mass is 14.3. The summed E-state index contributed by atoms with van der Waals surface area (Å²) in [4.78, 5) is 0. The summed E-state index contributed by atoms with van der Waals surface area (Å²) in [6.45, 7) is 0. The predicted molar refractivity (Wildman–Crippen MR) is 577 cm³/mol. The maximum absolute atomic E-state index is 9.71. The average Bonchev–Trinajstić information content (AvgIpc) is 0.680. The van der Waals surface area contributed by atoms with Gasteiger partial charge in [-0.25, -0.2) is 0 Å². The van der Waals surface area contributed by atoms with Crippen LogP contribution in [0.3, 0.4) is 0 Å². The fourth-order valence-corrected chi connectivity index (χ4v) is 15.5. The minimum absolute atomic E-state index is 0.606. The summed E-state index contributed by atoms with van der Waals surface area (Å²) in [6, 6.07) is -87.8. The van der Waals surface area contributed by atoms with Gasteiger partial charge in [0.05, 0.1) is 121 Å². The van der Waals surface area contributed by atoms with Gasteiger partial charge in [-0.1, -0.05) is 532 Å². The Bertz CT molecular complexity index is 13800. The van der Waals surface area contributed by atoms with E-state index in [2.05, 4.69) is 0 Å². The van der Waals surface area contributed by atoms with E-state index in [-0.39, 0.29) is 0 Å². The summed E-state index contributed by atoms with van der Waals surface area (Å²) < 4.78 is 787. The van der Waals surface area contributed by atoms with Gasteiger partial charge >= 0.3 is 0 Å². The molecule has 0 aliphatic carbocycles. The van der Waals surface area contributed by atoms with E-state index in [1.54, 1.807) is 0 Å². The van der Waals surface area contributed by atoms with E-state index in [1.807, 2.05) is 0 Å². The van der Waals surface area contributed by atoms with E-state index in [1.165, 1.54) is 0 Å². The Kier molecular flexibility index (Phi) is 7.83. The SMILES string of the molecule is [2H]c1c([2H])c([2H])c(-c2c([2H])c([2H])c(-c3c4c([2H])c([2H])c([2H])c([2H])c4c(-c4c([2H])c([2H])c(-c5c([2H])c([2H])c([2H])c([2H])c5[2H])c5c([2H])c([2H])c([2H])c([2H])c45)c4c([2H])c([2H])c([2H])c([2H])c34)c([2H])c2[2H])c([2H])c1[2H].[2H]c1c([2H])c([2H])c(-c2c([2H])c([2H])c(-c3c4c([2H])c([2H])c([2H])c([2H])c4c(-c4c([2H])c([2H])c(-c5c([2H])c([2H])c([2H])c6c([2H])c([2H])c([2H])c([2H])c56)c([2H])c4[2H])c4c([2H])c([2H])c([2H])c([2H])c34)c3c([2H])c([2H])c([2H])c([2H])c23)c([2H])c1[2H].[2H]c1c([2H])c([2H])c(-c2c([2H])c([2H])c(-c3c4c([2H])c([2H])c([2H])c([2H])c4c(-c4c([2H])c([2H])c(-c5c([2H])c([2H])c([2H])c6c([2H])c([2H])c([2H])c([2H])c56)c([2H])c4[2H])c4c([2H])c([2H])c([2H])c([2H])c34)c3c([2H])c([2H])c([2H])c([2H])c23)c([2H])c1[2H]. The molecule has 0 saturated heterocycles. The Morgan fingerprint density at radius 1 is 0.0821 bits per heavy atom. The smallest absolute Gasteiger partial charge is 0.0622 e. The molecule has 0 amide bonds. The minimum Gasteiger partial charge on any atom is -0.0622 e. The van der Waals surface area contributed by atoms with Gasteiger partial charge in [0.2, 0.25) is 0 Å². The maximum Gasteiger partial charge on any atom is 0.0630 e. The van der Waals surface area contributed by atoms with E-state index in [0.717, 1.165) is 0 Å². The van der Waals surface area contributed by atoms with Crippen molar-refractivity contribution in [1.29, 1.82) is 0 Å². The summed E-state index contributed by atoms with van der Waals surface area (Å²) in [5.74, 6) is 0. The van der Waals surface area contributed by atoms with Crippen LogP contribution in [-0.2, 0) is 0 Å². The largest absolute Gasteiger partial charge is 0.0630 e.